The topological polar surface area (TPSA) is 110 Å². The summed E-state index contributed by atoms with van der Waals surface area (Å²) < 4.78 is 7.44. The molecule has 0 spiro atoms. The molecule has 4 rings (SSSR count). The Morgan fingerprint density at radius 3 is 2.55 bits per heavy atom. The predicted molar refractivity (Wildman–Crippen MR) is 166 cm³/mol. The molecule has 2 aromatic heterocycles. The summed E-state index contributed by atoms with van der Waals surface area (Å²) in [5, 5.41) is 8.17. The number of carbonyl (C=O) groups excluding carboxylic acids is 4. The summed E-state index contributed by atoms with van der Waals surface area (Å²) >= 11 is 1.55. The second-order valence-electron chi connectivity index (χ2n) is 11.0. The van der Waals surface area contributed by atoms with Gasteiger partial charge < -0.3 is 24.8 Å². The number of rotatable bonds is 13. The SMILES string of the molecule is CCN(C(=O)Cn1c(C(=O)N[C@H]2CC[C@H](C(=O)NCCCCCC(=O)OC)CC2)cc2sccc21)c1cccc(C)c1. The highest BCUT2D eigenvalue weighted by Crippen LogP contribution is 2.28. The number of hydrogen-bond donors (Lipinski definition) is 2. The van der Waals surface area contributed by atoms with Crippen LogP contribution in [0.3, 0.4) is 0 Å². The summed E-state index contributed by atoms with van der Waals surface area (Å²) in [7, 11) is 1.39. The van der Waals surface area contributed by atoms with Crippen LogP contribution in [0.15, 0.2) is 41.8 Å². The van der Waals surface area contributed by atoms with Crippen LogP contribution in [0.4, 0.5) is 5.69 Å². The minimum absolute atomic E-state index is 0.0172. The van der Waals surface area contributed by atoms with Gasteiger partial charge in [-0.15, -0.1) is 11.3 Å². The molecule has 0 bridgehead atoms. The van der Waals surface area contributed by atoms with Gasteiger partial charge in [0.05, 0.1) is 17.3 Å². The highest BCUT2D eigenvalue weighted by molar-refractivity contribution is 7.17. The van der Waals surface area contributed by atoms with Gasteiger partial charge in [-0.3, -0.25) is 19.2 Å². The van der Waals surface area contributed by atoms with E-state index in [-0.39, 0.29) is 42.2 Å². The van der Waals surface area contributed by atoms with Crippen molar-refractivity contribution in [3.8, 4) is 0 Å². The van der Waals surface area contributed by atoms with Crippen LogP contribution >= 0.6 is 11.3 Å². The number of hydrogen-bond acceptors (Lipinski definition) is 6. The number of likely N-dealkylation sites (N-methyl/N-ethyl adjacent to an activating group) is 1. The lowest BCUT2D eigenvalue weighted by Crippen LogP contribution is -2.42. The van der Waals surface area contributed by atoms with Crippen molar-refractivity contribution in [3.63, 3.8) is 0 Å². The van der Waals surface area contributed by atoms with Crippen molar-refractivity contribution in [2.45, 2.75) is 77.8 Å². The Balaban J connectivity index is 1.30. The van der Waals surface area contributed by atoms with Gasteiger partial charge >= 0.3 is 5.97 Å². The zero-order chi connectivity index (χ0) is 30.1. The molecule has 1 aromatic carbocycles. The summed E-state index contributed by atoms with van der Waals surface area (Å²) in [6.07, 6.45) is 5.75. The number of ether oxygens (including phenoxy) is 1. The van der Waals surface area contributed by atoms with Crippen molar-refractivity contribution in [2.24, 2.45) is 5.92 Å². The van der Waals surface area contributed by atoms with E-state index in [9.17, 15) is 19.2 Å². The van der Waals surface area contributed by atoms with E-state index in [0.717, 1.165) is 66.4 Å². The summed E-state index contributed by atoms with van der Waals surface area (Å²) in [6, 6.07) is 11.7. The van der Waals surface area contributed by atoms with E-state index < -0.39 is 0 Å². The lowest BCUT2D eigenvalue weighted by atomic mass is 9.85. The zero-order valence-electron chi connectivity index (χ0n) is 24.8. The Hall–Kier alpha value is -3.66. The number of anilines is 1. The van der Waals surface area contributed by atoms with Crippen molar-refractivity contribution in [3.05, 3.63) is 53.0 Å². The summed E-state index contributed by atoms with van der Waals surface area (Å²) in [5.41, 5.74) is 3.29. The molecule has 1 fully saturated rings. The molecule has 3 aromatic rings. The monoisotopic (exact) mass is 594 g/mol. The molecule has 0 atom stereocenters. The third-order valence-corrected chi connectivity index (χ3v) is 8.85. The average molecular weight is 595 g/mol. The molecule has 226 valence electrons. The van der Waals surface area contributed by atoms with Gasteiger partial charge in [0.1, 0.15) is 12.2 Å². The van der Waals surface area contributed by atoms with E-state index in [4.69, 9.17) is 0 Å². The molecule has 0 saturated heterocycles. The lowest BCUT2D eigenvalue weighted by molar-refractivity contribution is -0.140. The van der Waals surface area contributed by atoms with E-state index in [1.807, 2.05) is 60.2 Å². The summed E-state index contributed by atoms with van der Waals surface area (Å²) in [6.45, 7) is 5.16. The third kappa shape index (κ3) is 8.00. The molecule has 0 unspecified atom stereocenters. The highest BCUT2D eigenvalue weighted by Gasteiger charge is 2.28. The largest absolute Gasteiger partial charge is 0.469 e. The van der Waals surface area contributed by atoms with Crippen molar-refractivity contribution in [2.75, 3.05) is 25.1 Å². The Bertz CT molecular complexity index is 1390. The predicted octanol–water partition coefficient (Wildman–Crippen LogP) is 5.20. The first-order valence-electron chi connectivity index (χ1n) is 14.9. The zero-order valence-corrected chi connectivity index (χ0v) is 25.6. The fourth-order valence-corrected chi connectivity index (χ4v) is 6.47. The Morgan fingerprint density at radius 1 is 1.05 bits per heavy atom. The maximum atomic E-state index is 13.5. The van der Waals surface area contributed by atoms with E-state index in [2.05, 4.69) is 15.4 Å². The summed E-state index contributed by atoms with van der Waals surface area (Å²) in [5.74, 6) is -0.456. The quantitative estimate of drug-likeness (QED) is 0.209. The van der Waals surface area contributed by atoms with Crippen molar-refractivity contribution in [1.29, 1.82) is 0 Å². The van der Waals surface area contributed by atoms with Crippen LogP contribution in [0.25, 0.3) is 10.2 Å². The number of aryl methyl sites for hydroxylation is 1. The van der Waals surface area contributed by atoms with Crippen LogP contribution in [0.2, 0.25) is 0 Å². The normalized spacial score (nSPS) is 16.6. The number of thiophene rings is 1. The van der Waals surface area contributed by atoms with E-state index in [1.54, 1.807) is 16.2 Å². The maximum Gasteiger partial charge on any atom is 0.305 e. The van der Waals surface area contributed by atoms with Crippen molar-refractivity contribution in [1.82, 2.24) is 15.2 Å². The fraction of sp³-hybridized carbons (Fsp3) is 0.500. The molecule has 42 heavy (non-hydrogen) atoms. The molecule has 0 aliphatic heterocycles. The van der Waals surface area contributed by atoms with E-state index in [1.165, 1.54) is 7.11 Å². The smallest absolute Gasteiger partial charge is 0.305 e. The third-order valence-electron chi connectivity index (χ3n) is 8.00. The standard InChI is InChI=1S/C32H42N4O5S/c1-4-35(25-10-8-9-22(2)19-25)29(37)21-36-26-16-18-42-28(26)20-27(36)32(40)34-24-14-12-23(13-15-24)31(39)33-17-7-5-6-11-30(38)41-3/h8-10,16,18-20,23-24H,4-7,11-15,17,21H2,1-3H3,(H,33,39)(H,34,40)/t23-,24-. The first kappa shape index (κ1) is 31.3. The molecule has 1 saturated carbocycles. The van der Waals surface area contributed by atoms with Gasteiger partial charge in [-0.2, -0.15) is 0 Å². The number of unbranched alkanes of at least 4 members (excludes halogenated alkanes) is 2. The molecule has 3 amide bonds. The molecular formula is C32H42N4O5S. The van der Waals surface area contributed by atoms with Crippen LogP contribution in [0.1, 0.15) is 74.3 Å². The van der Waals surface area contributed by atoms with Gasteiger partial charge in [0.15, 0.2) is 0 Å². The average Bonchev–Trinajstić information content (AvgIpc) is 3.58. The number of amides is 3. The van der Waals surface area contributed by atoms with Crippen LogP contribution in [-0.4, -0.2) is 54.5 Å². The molecular weight excluding hydrogens is 552 g/mol. The summed E-state index contributed by atoms with van der Waals surface area (Å²) in [4.78, 5) is 52.5. The van der Waals surface area contributed by atoms with Crippen LogP contribution in [-0.2, 0) is 25.7 Å². The minimum Gasteiger partial charge on any atom is -0.469 e. The number of esters is 1. The van der Waals surface area contributed by atoms with Crippen molar-refractivity contribution >= 4 is 50.9 Å². The minimum atomic E-state index is -0.203. The molecule has 2 heterocycles. The Morgan fingerprint density at radius 2 is 1.83 bits per heavy atom. The number of carbonyl (C=O) groups is 4. The number of nitrogens with zero attached hydrogens (tertiary/aromatic N) is 2. The van der Waals surface area contributed by atoms with E-state index in [0.29, 0.717) is 25.2 Å². The molecule has 0 radical (unpaired) electrons. The number of methoxy groups -OCH3 is 1. The maximum absolute atomic E-state index is 13.5. The van der Waals surface area contributed by atoms with Crippen LogP contribution in [0.5, 0.6) is 0 Å². The second-order valence-corrected chi connectivity index (χ2v) is 11.9. The van der Waals surface area contributed by atoms with Gasteiger partial charge in [0.25, 0.3) is 5.91 Å². The number of nitrogens with one attached hydrogen (secondary N) is 2. The molecule has 1 aliphatic rings. The Kier molecular flexibility index (Phi) is 11.2. The molecule has 10 heteroatoms. The molecule has 2 N–H and O–H groups in total. The van der Waals surface area contributed by atoms with Gasteiger partial charge in [0, 0.05) is 37.2 Å². The number of aromatic nitrogens is 1. The van der Waals surface area contributed by atoms with Crippen molar-refractivity contribution < 1.29 is 23.9 Å². The van der Waals surface area contributed by atoms with Gasteiger partial charge in [-0.1, -0.05) is 18.6 Å². The molecule has 9 nitrogen and oxygen atoms in total. The van der Waals surface area contributed by atoms with Crippen LogP contribution < -0.4 is 15.5 Å². The first-order valence-corrected chi connectivity index (χ1v) is 15.8. The second kappa shape index (κ2) is 15.0. The number of benzene rings is 1. The van der Waals surface area contributed by atoms with Crippen LogP contribution in [0, 0.1) is 12.8 Å². The number of fused-ring (bicyclic) bond motifs is 1. The van der Waals surface area contributed by atoms with E-state index >= 15 is 0 Å². The first-order chi connectivity index (χ1) is 20.3. The lowest BCUT2D eigenvalue weighted by Gasteiger charge is -2.28. The van der Waals surface area contributed by atoms with Gasteiger partial charge in [-0.05, 0) is 87.6 Å². The van der Waals surface area contributed by atoms with Gasteiger partial charge in [0.2, 0.25) is 11.8 Å². The fourth-order valence-electron chi connectivity index (χ4n) is 5.64. The highest BCUT2D eigenvalue weighted by atomic mass is 32.1. The Labute approximate surface area is 251 Å². The molecule has 1 aliphatic carbocycles. The van der Waals surface area contributed by atoms with Gasteiger partial charge in [-0.25, -0.2) is 0 Å².